The number of fused-ring (bicyclic) bond motifs is 1. The summed E-state index contributed by atoms with van der Waals surface area (Å²) in [6.45, 7) is 1.05. The number of hydrogen-bond acceptors (Lipinski definition) is 5. The van der Waals surface area contributed by atoms with E-state index in [4.69, 9.17) is 25.5 Å². The minimum absolute atomic E-state index is 0.0469. The molecule has 1 aromatic carbocycles. The minimum Gasteiger partial charge on any atom is -0.486 e. The normalized spacial score (nSPS) is 13.2. The van der Waals surface area contributed by atoms with Gasteiger partial charge in [-0.1, -0.05) is 11.6 Å². The minimum atomic E-state index is -0.500. The lowest BCUT2D eigenvalue weighted by atomic mass is 10.1. The number of halogens is 1. The van der Waals surface area contributed by atoms with Crippen LogP contribution >= 0.6 is 11.6 Å². The maximum atomic E-state index is 12.1. The summed E-state index contributed by atoms with van der Waals surface area (Å²) in [4.78, 5) is 12.1. The molecule has 1 aliphatic rings. The zero-order valence-electron chi connectivity index (χ0n) is 12.5. The first kappa shape index (κ1) is 16.0. The second-order valence-electron chi connectivity index (χ2n) is 4.96. The van der Waals surface area contributed by atoms with Gasteiger partial charge in [-0.25, -0.2) is 0 Å². The molecule has 2 aromatic rings. The van der Waals surface area contributed by atoms with Crippen LogP contribution in [-0.2, 0) is 11.3 Å². The van der Waals surface area contributed by atoms with Gasteiger partial charge < -0.3 is 19.2 Å². The molecule has 0 spiro atoms. The zero-order valence-corrected chi connectivity index (χ0v) is 13.3. The number of amides is 1. The summed E-state index contributed by atoms with van der Waals surface area (Å²) in [6.07, 6.45) is 2.96. The summed E-state index contributed by atoms with van der Waals surface area (Å²) < 4.78 is 16.0. The number of furan rings is 1. The predicted molar refractivity (Wildman–Crippen MR) is 86.6 cm³/mol. The number of ether oxygens (including phenoxy) is 2. The molecule has 2 heterocycles. The average molecular weight is 345 g/mol. The Morgan fingerprint density at radius 3 is 2.96 bits per heavy atom. The van der Waals surface area contributed by atoms with E-state index in [9.17, 15) is 10.1 Å². The third-order valence-electron chi connectivity index (χ3n) is 3.30. The molecule has 122 valence electrons. The fourth-order valence-electron chi connectivity index (χ4n) is 2.21. The molecule has 1 amide bonds. The SMILES string of the molecule is N#C/C(=C\c1cc(Cl)c2c(c1)OCCO2)C(=O)NCc1ccco1. The van der Waals surface area contributed by atoms with Crippen LogP contribution in [0.3, 0.4) is 0 Å². The molecular formula is C17H13ClN2O4. The first-order chi connectivity index (χ1) is 11.7. The molecule has 0 radical (unpaired) electrons. The van der Waals surface area contributed by atoms with Crippen molar-refractivity contribution in [2.75, 3.05) is 13.2 Å². The fourth-order valence-corrected chi connectivity index (χ4v) is 2.48. The van der Waals surface area contributed by atoms with Gasteiger partial charge in [0.1, 0.15) is 30.6 Å². The molecule has 1 aliphatic heterocycles. The van der Waals surface area contributed by atoms with Gasteiger partial charge in [0.25, 0.3) is 5.91 Å². The first-order valence-electron chi connectivity index (χ1n) is 7.19. The maximum absolute atomic E-state index is 12.1. The Balaban J connectivity index is 1.78. The highest BCUT2D eigenvalue weighted by Gasteiger charge is 2.17. The van der Waals surface area contributed by atoms with Crippen molar-refractivity contribution >= 4 is 23.6 Å². The second kappa shape index (κ2) is 7.11. The molecule has 1 aromatic heterocycles. The van der Waals surface area contributed by atoms with Gasteiger partial charge in [-0.05, 0) is 35.9 Å². The van der Waals surface area contributed by atoms with E-state index in [1.807, 2.05) is 6.07 Å². The van der Waals surface area contributed by atoms with Gasteiger partial charge in [0.15, 0.2) is 11.5 Å². The van der Waals surface area contributed by atoms with Crippen molar-refractivity contribution in [3.8, 4) is 17.6 Å². The van der Waals surface area contributed by atoms with Crippen molar-refractivity contribution in [2.45, 2.75) is 6.54 Å². The van der Waals surface area contributed by atoms with Gasteiger partial charge >= 0.3 is 0 Å². The van der Waals surface area contributed by atoms with Crippen molar-refractivity contribution in [3.05, 3.63) is 52.4 Å². The van der Waals surface area contributed by atoms with Crippen LogP contribution in [-0.4, -0.2) is 19.1 Å². The van der Waals surface area contributed by atoms with E-state index < -0.39 is 5.91 Å². The molecule has 0 bridgehead atoms. The smallest absolute Gasteiger partial charge is 0.262 e. The second-order valence-corrected chi connectivity index (χ2v) is 5.37. The molecule has 6 nitrogen and oxygen atoms in total. The highest BCUT2D eigenvalue weighted by Crippen LogP contribution is 2.38. The zero-order chi connectivity index (χ0) is 16.9. The van der Waals surface area contributed by atoms with E-state index in [0.29, 0.717) is 41.1 Å². The van der Waals surface area contributed by atoms with E-state index in [2.05, 4.69) is 5.32 Å². The van der Waals surface area contributed by atoms with Gasteiger partial charge in [0.05, 0.1) is 17.8 Å². The van der Waals surface area contributed by atoms with Crippen LogP contribution in [0.15, 0.2) is 40.5 Å². The maximum Gasteiger partial charge on any atom is 0.262 e. The lowest BCUT2D eigenvalue weighted by Gasteiger charge is -2.19. The van der Waals surface area contributed by atoms with Crippen LogP contribution < -0.4 is 14.8 Å². The number of carbonyl (C=O) groups is 1. The Bertz CT molecular complexity index is 822. The summed E-state index contributed by atoms with van der Waals surface area (Å²) in [7, 11) is 0. The summed E-state index contributed by atoms with van der Waals surface area (Å²) in [5, 5.41) is 12.2. The summed E-state index contributed by atoms with van der Waals surface area (Å²) >= 11 is 6.15. The molecule has 1 N–H and O–H groups in total. The lowest BCUT2D eigenvalue weighted by Crippen LogP contribution is -2.23. The Hall–Kier alpha value is -2.91. The Morgan fingerprint density at radius 2 is 2.21 bits per heavy atom. The van der Waals surface area contributed by atoms with E-state index >= 15 is 0 Å². The molecule has 3 rings (SSSR count). The topological polar surface area (TPSA) is 84.5 Å². The molecule has 7 heteroatoms. The van der Waals surface area contributed by atoms with Gasteiger partial charge in [-0.3, -0.25) is 4.79 Å². The third-order valence-corrected chi connectivity index (χ3v) is 3.58. The Morgan fingerprint density at radius 1 is 1.38 bits per heavy atom. The largest absolute Gasteiger partial charge is 0.486 e. The highest BCUT2D eigenvalue weighted by atomic mass is 35.5. The van der Waals surface area contributed by atoms with E-state index in [0.717, 1.165) is 0 Å². The van der Waals surface area contributed by atoms with Gasteiger partial charge in [0.2, 0.25) is 0 Å². The highest BCUT2D eigenvalue weighted by molar-refractivity contribution is 6.32. The predicted octanol–water partition coefficient (Wildman–Crippen LogP) is 2.93. The molecule has 0 saturated heterocycles. The fraction of sp³-hybridized carbons (Fsp3) is 0.176. The number of benzene rings is 1. The van der Waals surface area contributed by atoms with Crippen LogP contribution in [0.25, 0.3) is 6.08 Å². The van der Waals surface area contributed by atoms with Gasteiger partial charge in [0, 0.05) is 0 Å². The van der Waals surface area contributed by atoms with Gasteiger partial charge in [-0.15, -0.1) is 0 Å². The van der Waals surface area contributed by atoms with Crippen LogP contribution in [0, 0.1) is 11.3 Å². The molecule has 0 atom stereocenters. The van der Waals surface area contributed by atoms with Gasteiger partial charge in [-0.2, -0.15) is 5.26 Å². The van der Waals surface area contributed by atoms with Crippen LogP contribution in [0.4, 0.5) is 0 Å². The van der Waals surface area contributed by atoms with Crippen molar-refractivity contribution < 1.29 is 18.7 Å². The summed E-state index contributed by atoms with van der Waals surface area (Å²) in [6, 6.07) is 8.63. The summed E-state index contributed by atoms with van der Waals surface area (Å²) in [5.41, 5.74) is 0.531. The molecule has 0 fully saturated rings. The molecule has 0 saturated carbocycles. The molecular weight excluding hydrogens is 332 g/mol. The molecule has 24 heavy (non-hydrogen) atoms. The number of nitrogens with zero attached hydrogens (tertiary/aromatic N) is 1. The van der Waals surface area contributed by atoms with Crippen LogP contribution in [0.5, 0.6) is 11.5 Å². The Labute approximate surface area is 143 Å². The number of nitriles is 1. The van der Waals surface area contributed by atoms with E-state index in [-0.39, 0.29) is 12.1 Å². The first-order valence-corrected chi connectivity index (χ1v) is 7.56. The molecule has 0 aliphatic carbocycles. The number of rotatable bonds is 4. The van der Waals surface area contributed by atoms with Crippen molar-refractivity contribution in [1.29, 1.82) is 5.26 Å². The van der Waals surface area contributed by atoms with E-state index in [1.54, 1.807) is 24.3 Å². The Kier molecular flexibility index (Phi) is 4.73. The average Bonchev–Trinajstić information content (AvgIpc) is 3.11. The number of nitrogens with one attached hydrogen (secondary N) is 1. The van der Waals surface area contributed by atoms with E-state index in [1.165, 1.54) is 12.3 Å². The summed E-state index contributed by atoms with van der Waals surface area (Å²) in [5.74, 6) is 1.07. The third kappa shape index (κ3) is 3.53. The van der Waals surface area contributed by atoms with Crippen LogP contribution in [0.1, 0.15) is 11.3 Å². The molecule has 0 unspecified atom stereocenters. The van der Waals surface area contributed by atoms with Crippen molar-refractivity contribution in [1.82, 2.24) is 5.32 Å². The van der Waals surface area contributed by atoms with Crippen molar-refractivity contribution in [2.24, 2.45) is 0 Å². The standard InChI is InChI=1S/C17H13ClN2O4/c18-14-7-11(8-15-16(14)24-5-4-23-15)6-12(9-19)17(21)20-10-13-2-1-3-22-13/h1-3,6-8H,4-5,10H2,(H,20,21)/b12-6+. The van der Waals surface area contributed by atoms with Crippen molar-refractivity contribution in [3.63, 3.8) is 0 Å². The lowest BCUT2D eigenvalue weighted by molar-refractivity contribution is -0.117. The quantitative estimate of drug-likeness (QED) is 0.681. The number of carbonyl (C=O) groups excluding carboxylic acids is 1. The van der Waals surface area contributed by atoms with Crippen LogP contribution in [0.2, 0.25) is 5.02 Å². The number of hydrogen-bond donors (Lipinski definition) is 1. The monoisotopic (exact) mass is 344 g/mol.